The molecule has 0 saturated heterocycles. The summed E-state index contributed by atoms with van der Waals surface area (Å²) in [6.45, 7) is 3.63. The highest BCUT2D eigenvalue weighted by molar-refractivity contribution is 14.0. The quantitative estimate of drug-likeness (QED) is 0.368. The number of aromatic nitrogens is 1. The van der Waals surface area contributed by atoms with Crippen LogP contribution in [0.2, 0.25) is 0 Å². The van der Waals surface area contributed by atoms with E-state index in [-0.39, 0.29) is 30.0 Å². The number of benzene rings is 1. The number of likely N-dealkylation sites (N-methyl/N-ethyl adjacent to an activating group) is 1. The number of nitrogens with zero attached hydrogens (tertiary/aromatic N) is 3. The third kappa shape index (κ3) is 6.91. The molecule has 1 atom stereocenters. The third-order valence-electron chi connectivity index (χ3n) is 3.85. The van der Waals surface area contributed by atoms with Crippen LogP contribution in [0.1, 0.15) is 28.4 Å². The predicted octanol–water partition coefficient (Wildman–Crippen LogP) is 3.29. The van der Waals surface area contributed by atoms with Gasteiger partial charge in [0, 0.05) is 24.7 Å². The molecule has 0 aliphatic heterocycles. The van der Waals surface area contributed by atoms with Gasteiger partial charge in [-0.25, -0.2) is 4.98 Å². The van der Waals surface area contributed by atoms with Crippen molar-refractivity contribution in [1.82, 2.24) is 20.5 Å². The van der Waals surface area contributed by atoms with Crippen molar-refractivity contribution in [2.24, 2.45) is 4.99 Å². The first-order chi connectivity index (χ1) is 11.6. The molecule has 1 heterocycles. The van der Waals surface area contributed by atoms with Crippen molar-refractivity contribution in [3.8, 4) is 0 Å². The zero-order valence-corrected chi connectivity index (χ0v) is 18.5. The number of thiazole rings is 1. The number of rotatable bonds is 7. The maximum absolute atomic E-state index is 4.43. The van der Waals surface area contributed by atoms with E-state index in [1.807, 2.05) is 12.3 Å². The Balaban J connectivity index is 0.00000312. The molecule has 0 bridgehead atoms. The minimum atomic E-state index is 0. The Hall–Kier alpha value is -1.19. The summed E-state index contributed by atoms with van der Waals surface area (Å²) in [4.78, 5) is 12.3. The monoisotopic (exact) mass is 473 g/mol. The van der Waals surface area contributed by atoms with Crippen LogP contribution in [-0.2, 0) is 13.0 Å². The molecule has 0 amide bonds. The molecule has 1 unspecified atom stereocenters. The predicted molar refractivity (Wildman–Crippen MR) is 118 cm³/mol. The largest absolute Gasteiger partial charge is 0.354 e. The number of aliphatic imine (C=N–C) groups is 1. The number of hydrogen-bond donors (Lipinski definition) is 2. The standard InChI is InChI=1S/C18H27N5S.HI/c1-5-15-11-20-17(24-15)13-22-18(19-2)21-12-16(23(3)4)14-9-7-6-8-10-14;/h6-11,16H,5,12-13H2,1-4H3,(H2,19,21,22);1H. The summed E-state index contributed by atoms with van der Waals surface area (Å²) in [7, 11) is 5.98. The molecule has 0 aliphatic rings. The van der Waals surface area contributed by atoms with Crippen LogP contribution in [-0.4, -0.2) is 43.5 Å². The van der Waals surface area contributed by atoms with Gasteiger partial charge in [-0.15, -0.1) is 35.3 Å². The van der Waals surface area contributed by atoms with Gasteiger partial charge in [0.05, 0.1) is 12.6 Å². The lowest BCUT2D eigenvalue weighted by Gasteiger charge is -2.26. The summed E-state index contributed by atoms with van der Waals surface area (Å²) >= 11 is 1.75. The third-order valence-corrected chi connectivity index (χ3v) is 4.99. The first kappa shape index (κ1) is 21.9. The number of guanidine groups is 1. The Morgan fingerprint density at radius 1 is 1.24 bits per heavy atom. The fourth-order valence-electron chi connectivity index (χ4n) is 2.44. The van der Waals surface area contributed by atoms with Crippen molar-refractivity contribution < 1.29 is 0 Å². The highest BCUT2D eigenvalue weighted by atomic mass is 127. The van der Waals surface area contributed by atoms with Gasteiger partial charge < -0.3 is 15.5 Å². The molecule has 2 aromatic rings. The second-order valence-electron chi connectivity index (χ2n) is 5.77. The molecule has 7 heteroatoms. The number of hydrogen-bond acceptors (Lipinski definition) is 4. The van der Waals surface area contributed by atoms with Gasteiger partial charge in [0.1, 0.15) is 5.01 Å². The van der Waals surface area contributed by atoms with E-state index in [4.69, 9.17) is 0 Å². The highest BCUT2D eigenvalue weighted by Crippen LogP contribution is 2.16. The molecule has 2 N–H and O–H groups in total. The van der Waals surface area contributed by atoms with Crippen molar-refractivity contribution in [2.45, 2.75) is 25.9 Å². The fraction of sp³-hybridized carbons (Fsp3) is 0.444. The maximum Gasteiger partial charge on any atom is 0.191 e. The van der Waals surface area contributed by atoms with Crippen molar-refractivity contribution in [3.63, 3.8) is 0 Å². The second-order valence-corrected chi connectivity index (χ2v) is 6.97. The molecule has 5 nitrogen and oxygen atoms in total. The van der Waals surface area contributed by atoms with Crippen LogP contribution in [0.3, 0.4) is 0 Å². The van der Waals surface area contributed by atoms with Crippen LogP contribution in [0.4, 0.5) is 0 Å². The van der Waals surface area contributed by atoms with Gasteiger partial charge in [0.25, 0.3) is 0 Å². The average molecular weight is 473 g/mol. The second kappa shape index (κ2) is 11.4. The molecule has 2 rings (SSSR count). The molecule has 0 radical (unpaired) electrons. The van der Waals surface area contributed by atoms with Gasteiger partial charge in [0.15, 0.2) is 5.96 Å². The topological polar surface area (TPSA) is 52.6 Å². The van der Waals surface area contributed by atoms with Crippen molar-refractivity contribution in [3.05, 3.63) is 52.0 Å². The molecule has 0 aliphatic carbocycles. The Labute approximate surface area is 172 Å². The lowest BCUT2D eigenvalue weighted by Crippen LogP contribution is -2.41. The van der Waals surface area contributed by atoms with E-state index in [2.05, 4.69) is 70.8 Å². The Kier molecular flexibility index (Phi) is 9.99. The lowest BCUT2D eigenvalue weighted by atomic mass is 10.1. The number of aryl methyl sites for hydroxylation is 1. The van der Waals surface area contributed by atoms with Crippen LogP contribution in [0.5, 0.6) is 0 Å². The van der Waals surface area contributed by atoms with Gasteiger partial charge in [0.2, 0.25) is 0 Å². The lowest BCUT2D eigenvalue weighted by molar-refractivity contribution is 0.298. The molecule has 1 aromatic carbocycles. The normalized spacial score (nSPS) is 12.6. The summed E-state index contributed by atoms with van der Waals surface area (Å²) < 4.78 is 0. The summed E-state index contributed by atoms with van der Waals surface area (Å²) in [6, 6.07) is 10.8. The molecule has 0 spiro atoms. The average Bonchev–Trinajstić information content (AvgIpc) is 3.06. The minimum absolute atomic E-state index is 0. The van der Waals surface area contributed by atoms with E-state index in [0.717, 1.165) is 23.9 Å². The zero-order chi connectivity index (χ0) is 17.4. The highest BCUT2D eigenvalue weighted by Gasteiger charge is 2.14. The van der Waals surface area contributed by atoms with E-state index >= 15 is 0 Å². The van der Waals surface area contributed by atoms with Crippen molar-refractivity contribution >= 4 is 41.3 Å². The summed E-state index contributed by atoms with van der Waals surface area (Å²) in [5, 5.41) is 7.84. The summed E-state index contributed by atoms with van der Waals surface area (Å²) in [5.41, 5.74) is 1.29. The van der Waals surface area contributed by atoms with Crippen LogP contribution >= 0.6 is 35.3 Å². The molecular weight excluding hydrogens is 445 g/mol. The SMILES string of the molecule is CCc1cnc(CNC(=NC)NCC(c2ccccc2)N(C)C)s1.I. The van der Waals surface area contributed by atoms with Crippen LogP contribution in [0.15, 0.2) is 41.5 Å². The Bertz CT molecular complexity index is 642. The molecular formula is C18H28IN5S. The van der Waals surface area contributed by atoms with E-state index in [0.29, 0.717) is 6.54 Å². The Morgan fingerprint density at radius 3 is 2.52 bits per heavy atom. The first-order valence-corrected chi connectivity index (χ1v) is 9.05. The Morgan fingerprint density at radius 2 is 1.96 bits per heavy atom. The minimum Gasteiger partial charge on any atom is -0.354 e. The molecule has 0 saturated carbocycles. The molecule has 1 aromatic heterocycles. The smallest absolute Gasteiger partial charge is 0.191 e. The molecule has 138 valence electrons. The molecule has 0 fully saturated rings. The number of halogens is 1. The maximum atomic E-state index is 4.43. The van der Waals surface area contributed by atoms with E-state index in [1.165, 1.54) is 10.4 Å². The van der Waals surface area contributed by atoms with Gasteiger partial charge >= 0.3 is 0 Å². The van der Waals surface area contributed by atoms with E-state index in [1.54, 1.807) is 18.4 Å². The van der Waals surface area contributed by atoms with Crippen LogP contribution in [0.25, 0.3) is 0 Å². The van der Waals surface area contributed by atoms with Gasteiger partial charge in [-0.3, -0.25) is 4.99 Å². The van der Waals surface area contributed by atoms with E-state index in [9.17, 15) is 0 Å². The van der Waals surface area contributed by atoms with Gasteiger partial charge in [-0.05, 0) is 26.1 Å². The van der Waals surface area contributed by atoms with Gasteiger partial charge in [-0.2, -0.15) is 0 Å². The molecule has 25 heavy (non-hydrogen) atoms. The number of nitrogens with one attached hydrogen (secondary N) is 2. The van der Waals surface area contributed by atoms with Crippen LogP contribution in [0, 0.1) is 0 Å². The van der Waals surface area contributed by atoms with E-state index < -0.39 is 0 Å². The fourth-order valence-corrected chi connectivity index (χ4v) is 3.24. The van der Waals surface area contributed by atoms with Crippen molar-refractivity contribution in [1.29, 1.82) is 0 Å². The van der Waals surface area contributed by atoms with Crippen molar-refractivity contribution in [2.75, 3.05) is 27.7 Å². The van der Waals surface area contributed by atoms with Crippen LogP contribution < -0.4 is 10.6 Å². The first-order valence-electron chi connectivity index (χ1n) is 8.23. The summed E-state index contributed by atoms with van der Waals surface area (Å²) in [6.07, 6.45) is 2.99. The zero-order valence-electron chi connectivity index (χ0n) is 15.3. The van der Waals surface area contributed by atoms with Gasteiger partial charge in [-0.1, -0.05) is 37.3 Å². The summed E-state index contributed by atoms with van der Waals surface area (Å²) in [5.74, 6) is 0.797.